The Balaban J connectivity index is 1.47. The van der Waals surface area contributed by atoms with Crippen molar-refractivity contribution in [1.82, 2.24) is 9.88 Å². The largest absolute Gasteiger partial charge is 0.491 e. The third kappa shape index (κ3) is 4.51. The van der Waals surface area contributed by atoms with Crippen LogP contribution in [0.15, 0.2) is 60.8 Å². The lowest BCUT2D eigenvalue weighted by molar-refractivity contribution is 0.0922. The first kappa shape index (κ1) is 24.5. The van der Waals surface area contributed by atoms with Crippen LogP contribution in [0, 0.1) is 17.1 Å². The molecule has 2 N–H and O–H groups in total. The predicted octanol–water partition coefficient (Wildman–Crippen LogP) is 3.64. The third-order valence-electron chi connectivity index (χ3n) is 7.02. The highest BCUT2D eigenvalue weighted by Crippen LogP contribution is 2.52. The molecule has 2 unspecified atom stereocenters. The number of benzene rings is 2. The molecule has 2 aromatic carbocycles. The molecule has 5 rings (SSSR count). The van der Waals surface area contributed by atoms with Gasteiger partial charge in [0.1, 0.15) is 24.2 Å². The van der Waals surface area contributed by atoms with E-state index < -0.39 is 17.5 Å². The summed E-state index contributed by atoms with van der Waals surface area (Å²) in [5, 5.41) is 29.5. The van der Waals surface area contributed by atoms with Crippen LogP contribution in [0.5, 0.6) is 5.75 Å². The Kier molecular flexibility index (Phi) is 6.82. The van der Waals surface area contributed by atoms with Crippen molar-refractivity contribution in [2.24, 2.45) is 0 Å². The molecular weight excluding hydrogens is 483 g/mol. The molecule has 0 amide bonds. The van der Waals surface area contributed by atoms with E-state index in [-0.39, 0.29) is 19.3 Å². The molecule has 1 aromatic heterocycles. The van der Waals surface area contributed by atoms with Crippen molar-refractivity contribution in [2.45, 2.75) is 24.1 Å². The van der Waals surface area contributed by atoms with Crippen molar-refractivity contribution in [3.8, 4) is 11.8 Å². The van der Waals surface area contributed by atoms with Crippen LogP contribution in [0.2, 0.25) is 5.02 Å². The van der Waals surface area contributed by atoms with Gasteiger partial charge < -0.3 is 19.8 Å². The van der Waals surface area contributed by atoms with E-state index in [0.717, 1.165) is 11.3 Å². The number of ether oxygens (including phenoxy) is 1. The van der Waals surface area contributed by atoms with E-state index in [1.54, 1.807) is 18.2 Å². The Morgan fingerprint density at radius 2 is 1.94 bits per heavy atom. The SMILES string of the molecule is N#Cc1ccc(C2(N3CCN(c4ccc(OCCO)cc4F)[C@H](c4ccc(Cl)cc4)C3)CC2O)nc1. The highest BCUT2D eigenvalue weighted by molar-refractivity contribution is 6.30. The van der Waals surface area contributed by atoms with Gasteiger partial charge in [0, 0.05) is 43.3 Å². The molecule has 0 radical (unpaired) electrons. The number of aliphatic hydroxyl groups excluding tert-OH is 2. The number of pyridine rings is 1. The molecule has 0 bridgehead atoms. The fourth-order valence-electron chi connectivity index (χ4n) is 5.11. The minimum atomic E-state index is -0.634. The number of hydrogen-bond donors (Lipinski definition) is 2. The van der Waals surface area contributed by atoms with Crippen molar-refractivity contribution in [1.29, 1.82) is 5.26 Å². The summed E-state index contributed by atoms with van der Waals surface area (Å²) in [7, 11) is 0. The first-order chi connectivity index (χ1) is 17.5. The number of anilines is 1. The number of piperazine rings is 1. The summed E-state index contributed by atoms with van der Waals surface area (Å²) in [4.78, 5) is 8.75. The molecule has 3 aromatic rings. The van der Waals surface area contributed by atoms with Gasteiger partial charge in [0.25, 0.3) is 0 Å². The van der Waals surface area contributed by atoms with Crippen LogP contribution in [-0.2, 0) is 5.54 Å². The topological polar surface area (TPSA) is 92.9 Å². The van der Waals surface area contributed by atoms with Crippen LogP contribution < -0.4 is 9.64 Å². The van der Waals surface area contributed by atoms with Gasteiger partial charge in [-0.05, 0) is 42.0 Å². The fourth-order valence-corrected chi connectivity index (χ4v) is 5.23. The highest BCUT2D eigenvalue weighted by Gasteiger charge is 2.61. The van der Waals surface area contributed by atoms with E-state index in [1.807, 2.05) is 35.2 Å². The molecular formula is C27H26ClFN4O3. The van der Waals surface area contributed by atoms with Crippen molar-refractivity contribution in [3.05, 3.63) is 88.5 Å². The van der Waals surface area contributed by atoms with Crippen molar-refractivity contribution in [3.63, 3.8) is 0 Å². The summed E-state index contributed by atoms with van der Waals surface area (Å²) in [5.41, 5.74) is 1.99. The second-order valence-electron chi connectivity index (χ2n) is 9.08. The summed E-state index contributed by atoms with van der Waals surface area (Å²) in [6.45, 7) is 1.59. The standard InChI is InChI=1S/C27H26ClFN4O3/c28-20-4-2-19(3-5-20)24-17-32(27(14-26(27)35)25-8-1-18(15-30)16-31-25)9-10-33(24)23-7-6-21(13-22(23)29)36-12-11-34/h1-8,13,16,24,26,34-35H,9-12,14,17H2/t24-,26?,27?/m0/s1. The summed E-state index contributed by atoms with van der Waals surface area (Å²) >= 11 is 6.14. The normalized spacial score (nSPS) is 23.8. The summed E-state index contributed by atoms with van der Waals surface area (Å²) < 4.78 is 20.6. The fraction of sp³-hybridized carbons (Fsp3) is 0.333. The second kappa shape index (κ2) is 10.0. The van der Waals surface area contributed by atoms with E-state index in [0.29, 0.717) is 48.1 Å². The first-order valence-corrected chi connectivity index (χ1v) is 12.2. The molecule has 1 aliphatic carbocycles. The number of aromatic nitrogens is 1. The van der Waals surface area contributed by atoms with Gasteiger partial charge in [-0.3, -0.25) is 9.88 Å². The van der Waals surface area contributed by atoms with E-state index in [1.165, 1.54) is 12.3 Å². The highest BCUT2D eigenvalue weighted by atomic mass is 35.5. The lowest BCUT2D eigenvalue weighted by Gasteiger charge is -2.46. The van der Waals surface area contributed by atoms with E-state index in [2.05, 4.69) is 16.0 Å². The lowest BCUT2D eigenvalue weighted by atomic mass is 9.98. The molecule has 2 aliphatic rings. The van der Waals surface area contributed by atoms with E-state index in [4.69, 9.17) is 26.7 Å². The Morgan fingerprint density at radius 3 is 2.56 bits per heavy atom. The van der Waals surface area contributed by atoms with Gasteiger partial charge >= 0.3 is 0 Å². The van der Waals surface area contributed by atoms with Gasteiger partial charge in [0.15, 0.2) is 0 Å². The molecule has 9 heteroatoms. The van der Waals surface area contributed by atoms with Crippen LogP contribution in [-0.4, -0.2) is 59.0 Å². The number of hydrogen-bond acceptors (Lipinski definition) is 7. The van der Waals surface area contributed by atoms with Gasteiger partial charge in [-0.25, -0.2) is 4.39 Å². The van der Waals surface area contributed by atoms with Crippen LogP contribution >= 0.6 is 11.6 Å². The van der Waals surface area contributed by atoms with E-state index >= 15 is 4.39 Å². The average Bonchev–Trinajstić information content (AvgIpc) is 3.59. The quantitative estimate of drug-likeness (QED) is 0.503. The Bertz CT molecular complexity index is 1270. The van der Waals surface area contributed by atoms with Crippen LogP contribution in [0.3, 0.4) is 0 Å². The number of halogens is 2. The summed E-state index contributed by atoms with van der Waals surface area (Å²) in [5.74, 6) is -0.0493. The Labute approximate surface area is 213 Å². The monoisotopic (exact) mass is 508 g/mol. The predicted molar refractivity (Wildman–Crippen MR) is 133 cm³/mol. The molecule has 36 heavy (non-hydrogen) atoms. The summed E-state index contributed by atoms with van der Waals surface area (Å²) in [6.07, 6.45) is 1.50. The van der Waals surface area contributed by atoms with Gasteiger partial charge in [-0.15, -0.1) is 0 Å². The molecule has 3 atom stereocenters. The number of nitrogens with zero attached hydrogens (tertiary/aromatic N) is 4. The van der Waals surface area contributed by atoms with Crippen molar-refractivity contribution >= 4 is 17.3 Å². The van der Waals surface area contributed by atoms with Gasteiger partial charge in [0.2, 0.25) is 0 Å². The van der Waals surface area contributed by atoms with Crippen LogP contribution in [0.25, 0.3) is 0 Å². The molecule has 2 fully saturated rings. The summed E-state index contributed by atoms with van der Waals surface area (Å²) in [6, 6.07) is 17.7. The molecule has 1 saturated heterocycles. The Morgan fingerprint density at radius 1 is 1.17 bits per heavy atom. The minimum absolute atomic E-state index is 0.0959. The first-order valence-electron chi connectivity index (χ1n) is 11.8. The van der Waals surface area contributed by atoms with Crippen LogP contribution in [0.1, 0.15) is 29.3 Å². The number of aliphatic hydroxyl groups is 2. The van der Waals surface area contributed by atoms with Crippen molar-refractivity contribution < 1.29 is 19.3 Å². The maximum absolute atomic E-state index is 15.3. The maximum atomic E-state index is 15.3. The molecule has 1 aliphatic heterocycles. The lowest BCUT2D eigenvalue weighted by Crippen LogP contribution is -2.53. The molecule has 1 saturated carbocycles. The zero-order valence-electron chi connectivity index (χ0n) is 19.5. The number of rotatable bonds is 7. The average molecular weight is 509 g/mol. The smallest absolute Gasteiger partial charge is 0.150 e. The maximum Gasteiger partial charge on any atom is 0.150 e. The molecule has 0 spiro atoms. The van der Waals surface area contributed by atoms with Gasteiger partial charge in [-0.1, -0.05) is 23.7 Å². The van der Waals surface area contributed by atoms with Crippen molar-refractivity contribution in [2.75, 3.05) is 37.7 Å². The van der Waals surface area contributed by atoms with Gasteiger partial charge in [0.05, 0.1) is 41.2 Å². The Hall–Kier alpha value is -3.22. The molecule has 2 heterocycles. The van der Waals surface area contributed by atoms with Crippen LogP contribution in [0.4, 0.5) is 10.1 Å². The zero-order valence-corrected chi connectivity index (χ0v) is 20.3. The van der Waals surface area contributed by atoms with Gasteiger partial charge in [-0.2, -0.15) is 5.26 Å². The molecule has 7 nitrogen and oxygen atoms in total. The van der Waals surface area contributed by atoms with E-state index in [9.17, 15) is 5.11 Å². The second-order valence-corrected chi connectivity index (χ2v) is 9.52. The zero-order chi connectivity index (χ0) is 25.3. The third-order valence-corrected chi connectivity index (χ3v) is 7.27. The minimum Gasteiger partial charge on any atom is -0.491 e. The number of nitriles is 1. The molecule has 186 valence electrons.